The molecule has 0 saturated carbocycles. The summed E-state index contributed by atoms with van der Waals surface area (Å²) in [6, 6.07) is 4.87. The zero-order valence-corrected chi connectivity index (χ0v) is 12.2. The molecule has 1 amide bonds. The molecule has 0 aliphatic rings. The number of carbonyl (C=O) groups excluding carboxylic acids is 1. The van der Waals surface area contributed by atoms with Gasteiger partial charge in [-0.05, 0) is 25.2 Å². The summed E-state index contributed by atoms with van der Waals surface area (Å²) < 4.78 is 1.46. The third kappa shape index (κ3) is 3.93. The Hall–Kier alpha value is -1.63. The second kappa shape index (κ2) is 6.69. The second-order valence-corrected chi connectivity index (χ2v) is 4.95. The molecule has 0 aliphatic heterocycles. The van der Waals surface area contributed by atoms with Crippen LogP contribution in [0.15, 0.2) is 24.4 Å². The summed E-state index contributed by atoms with van der Waals surface area (Å²) in [5, 5.41) is 14.4. The average molecular weight is 314 g/mol. The van der Waals surface area contributed by atoms with Gasteiger partial charge in [0, 0.05) is 11.6 Å². The Morgan fingerprint density at radius 1 is 1.40 bits per heavy atom. The Morgan fingerprint density at radius 3 is 2.95 bits per heavy atom. The van der Waals surface area contributed by atoms with Crippen molar-refractivity contribution >= 4 is 34.8 Å². The molecule has 8 heteroatoms. The van der Waals surface area contributed by atoms with Gasteiger partial charge in [0.15, 0.2) is 0 Å². The lowest BCUT2D eigenvalue weighted by molar-refractivity contribution is -0.116. The minimum Gasteiger partial charge on any atom is -0.323 e. The van der Waals surface area contributed by atoms with Crippen LogP contribution >= 0.6 is 23.2 Å². The van der Waals surface area contributed by atoms with E-state index in [1.165, 1.54) is 4.68 Å². The molecule has 1 heterocycles. The fourth-order valence-electron chi connectivity index (χ4n) is 1.61. The average Bonchev–Trinajstić information content (AvgIpc) is 2.81. The van der Waals surface area contributed by atoms with Crippen LogP contribution in [0.2, 0.25) is 10.0 Å². The van der Waals surface area contributed by atoms with Crippen LogP contribution in [0.3, 0.4) is 0 Å². The van der Waals surface area contributed by atoms with Crippen LogP contribution < -0.4 is 10.6 Å². The van der Waals surface area contributed by atoms with E-state index in [0.717, 1.165) is 5.69 Å². The maximum Gasteiger partial charge on any atom is 0.246 e. The fraction of sp³-hybridized carbons (Fsp3) is 0.250. The number of amides is 1. The monoisotopic (exact) mass is 313 g/mol. The lowest BCUT2D eigenvalue weighted by Gasteiger charge is -2.07. The van der Waals surface area contributed by atoms with Crippen molar-refractivity contribution in [3.05, 3.63) is 40.1 Å². The van der Waals surface area contributed by atoms with Gasteiger partial charge in [0.2, 0.25) is 5.91 Å². The molecule has 6 nitrogen and oxygen atoms in total. The molecule has 0 atom stereocenters. The van der Waals surface area contributed by atoms with Gasteiger partial charge in [0.05, 0.1) is 22.6 Å². The maximum atomic E-state index is 11.9. The zero-order valence-electron chi connectivity index (χ0n) is 10.7. The summed E-state index contributed by atoms with van der Waals surface area (Å²) in [6.07, 6.45) is 1.70. The van der Waals surface area contributed by atoms with E-state index in [1.54, 1.807) is 24.4 Å². The molecule has 0 aliphatic carbocycles. The molecule has 2 rings (SSSR count). The Labute approximate surface area is 126 Å². The highest BCUT2D eigenvalue weighted by molar-refractivity contribution is 6.35. The van der Waals surface area contributed by atoms with E-state index in [1.807, 2.05) is 7.05 Å². The largest absolute Gasteiger partial charge is 0.323 e. The van der Waals surface area contributed by atoms with Crippen molar-refractivity contribution in [2.75, 3.05) is 12.4 Å². The van der Waals surface area contributed by atoms with E-state index >= 15 is 0 Å². The van der Waals surface area contributed by atoms with E-state index in [0.29, 0.717) is 22.3 Å². The molecule has 0 unspecified atom stereocenters. The molecule has 0 saturated heterocycles. The number of hydrogen-bond donors (Lipinski definition) is 2. The van der Waals surface area contributed by atoms with Gasteiger partial charge in [-0.3, -0.25) is 4.79 Å². The molecule has 0 spiro atoms. The quantitative estimate of drug-likeness (QED) is 0.885. The lowest BCUT2D eigenvalue weighted by Crippen LogP contribution is -2.19. The van der Waals surface area contributed by atoms with Crippen molar-refractivity contribution in [1.29, 1.82) is 0 Å². The highest BCUT2D eigenvalue weighted by Gasteiger charge is 2.09. The predicted octanol–water partition coefficient (Wildman–Crippen LogP) is 1.94. The number of rotatable bonds is 5. The first kappa shape index (κ1) is 14.8. The molecule has 106 valence electrons. The van der Waals surface area contributed by atoms with Gasteiger partial charge in [-0.25, -0.2) is 4.68 Å². The van der Waals surface area contributed by atoms with Gasteiger partial charge in [0.1, 0.15) is 6.54 Å². The van der Waals surface area contributed by atoms with Crippen molar-refractivity contribution in [2.45, 2.75) is 13.1 Å². The highest BCUT2D eigenvalue weighted by atomic mass is 35.5. The first-order chi connectivity index (χ1) is 9.58. The highest BCUT2D eigenvalue weighted by Crippen LogP contribution is 2.25. The number of halogens is 2. The molecule has 0 radical (unpaired) electrons. The maximum absolute atomic E-state index is 11.9. The van der Waals surface area contributed by atoms with Gasteiger partial charge in [-0.2, -0.15) is 0 Å². The van der Waals surface area contributed by atoms with Crippen LogP contribution in [0.4, 0.5) is 5.69 Å². The van der Waals surface area contributed by atoms with Crippen molar-refractivity contribution in [2.24, 2.45) is 0 Å². The third-order valence-electron chi connectivity index (χ3n) is 2.45. The van der Waals surface area contributed by atoms with Crippen LogP contribution in [-0.2, 0) is 17.9 Å². The Balaban J connectivity index is 1.99. The number of benzene rings is 1. The summed E-state index contributed by atoms with van der Waals surface area (Å²) in [4.78, 5) is 11.9. The minimum absolute atomic E-state index is 0.0551. The second-order valence-electron chi connectivity index (χ2n) is 4.11. The predicted molar refractivity (Wildman–Crippen MR) is 77.9 cm³/mol. The Bertz CT molecular complexity index is 614. The SMILES string of the molecule is CNCc1cn(CC(=O)Nc2cc(Cl)ccc2Cl)nn1. The van der Waals surface area contributed by atoms with E-state index in [4.69, 9.17) is 23.2 Å². The van der Waals surface area contributed by atoms with Crippen LogP contribution in [0, 0.1) is 0 Å². The van der Waals surface area contributed by atoms with Crippen molar-refractivity contribution in [1.82, 2.24) is 20.3 Å². The molecule has 20 heavy (non-hydrogen) atoms. The summed E-state index contributed by atoms with van der Waals surface area (Å²) >= 11 is 11.8. The smallest absolute Gasteiger partial charge is 0.246 e. The molecule has 1 aromatic carbocycles. The number of aromatic nitrogens is 3. The van der Waals surface area contributed by atoms with Crippen LogP contribution in [0.1, 0.15) is 5.69 Å². The molecule has 2 N–H and O–H groups in total. The standard InChI is InChI=1S/C12H13Cl2N5O/c1-15-5-9-6-19(18-17-9)7-12(20)16-11-4-8(13)2-3-10(11)14/h2-4,6,15H,5,7H2,1H3,(H,16,20). The van der Waals surface area contributed by atoms with E-state index in [9.17, 15) is 4.79 Å². The summed E-state index contributed by atoms with van der Waals surface area (Å²) in [7, 11) is 1.81. The molecule has 0 bridgehead atoms. The van der Waals surface area contributed by atoms with Crippen LogP contribution in [0.25, 0.3) is 0 Å². The first-order valence-electron chi connectivity index (χ1n) is 5.87. The third-order valence-corrected chi connectivity index (χ3v) is 3.02. The minimum atomic E-state index is -0.255. The Kier molecular flexibility index (Phi) is 4.94. The van der Waals surface area contributed by atoms with Gasteiger partial charge in [-0.1, -0.05) is 28.4 Å². The normalized spacial score (nSPS) is 10.6. The zero-order chi connectivity index (χ0) is 14.5. The summed E-state index contributed by atoms with van der Waals surface area (Å²) in [6.45, 7) is 0.654. The van der Waals surface area contributed by atoms with Crippen molar-refractivity contribution in [3.63, 3.8) is 0 Å². The van der Waals surface area contributed by atoms with Crippen LogP contribution in [-0.4, -0.2) is 27.9 Å². The Morgan fingerprint density at radius 2 is 2.20 bits per heavy atom. The molecule has 2 aromatic rings. The van der Waals surface area contributed by atoms with Crippen molar-refractivity contribution < 1.29 is 4.79 Å². The van der Waals surface area contributed by atoms with Gasteiger partial charge >= 0.3 is 0 Å². The van der Waals surface area contributed by atoms with E-state index in [-0.39, 0.29) is 12.5 Å². The van der Waals surface area contributed by atoms with Gasteiger partial charge < -0.3 is 10.6 Å². The van der Waals surface area contributed by atoms with Gasteiger partial charge in [-0.15, -0.1) is 5.10 Å². The number of anilines is 1. The fourth-order valence-corrected chi connectivity index (χ4v) is 1.94. The van der Waals surface area contributed by atoms with Crippen LogP contribution in [0.5, 0.6) is 0 Å². The van der Waals surface area contributed by atoms with E-state index < -0.39 is 0 Å². The lowest BCUT2D eigenvalue weighted by atomic mass is 10.3. The molecular formula is C12H13Cl2N5O. The molecular weight excluding hydrogens is 301 g/mol. The van der Waals surface area contributed by atoms with Gasteiger partial charge in [0.25, 0.3) is 0 Å². The van der Waals surface area contributed by atoms with E-state index in [2.05, 4.69) is 20.9 Å². The molecule has 1 aromatic heterocycles. The number of hydrogen-bond acceptors (Lipinski definition) is 4. The summed E-state index contributed by atoms with van der Waals surface area (Å²) in [5.41, 5.74) is 1.24. The molecule has 0 fully saturated rings. The van der Waals surface area contributed by atoms with Crippen molar-refractivity contribution in [3.8, 4) is 0 Å². The summed E-state index contributed by atoms with van der Waals surface area (Å²) in [5.74, 6) is -0.255. The number of nitrogens with zero attached hydrogens (tertiary/aromatic N) is 3. The number of nitrogens with one attached hydrogen (secondary N) is 2. The number of carbonyl (C=O) groups is 1. The topological polar surface area (TPSA) is 71.8 Å². The first-order valence-corrected chi connectivity index (χ1v) is 6.62.